The maximum absolute atomic E-state index is 6.00. The van der Waals surface area contributed by atoms with Crippen LogP contribution in [0.15, 0.2) is 60.3 Å². The first kappa shape index (κ1) is 23.9. The van der Waals surface area contributed by atoms with Crippen molar-refractivity contribution in [2.75, 3.05) is 0 Å². The molecule has 0 saturated carbocycles. The van der Waals surface area contributed by atoms with E-state index in [1.54, 1.807) is 5.56 Å². The molecule has 35 heavy (non-hydrogen) atoms. The van der Waals surface area contributed by atoms with Crippen LogP contribution in [-0.4, -0.2) is 0 Å². The molecule has 2 aromatic carbocycles. The van der Waals surface area contributed by atoms with E-state index in [1.807, 2.05) is 0 Å². The van der Waals surface area contributed by atoms with Crippen LogP contribution in [0.4, 0.5) is 0 Å². The van der Waals surface area contributed by atoms with Gasteiger partial charge in [-0.15, -0.1) is 0 Å². The number of nitrogens with two attached hydrogens (primary N) is 1. The molecule has 1 atom stereocenters. The first-order valence-electron chi connectivity index (χ1n) is 13.6. The third-order valence-corrected chi connectivity index (χ3v) is 8.31. The highest BCUT2D eigenvalue weighted by Crippen LogP contribution is 2.40. The van der Waals surface area contributed by atoms with E-state index in [-0.39, 0.29) is 10.8 Å². The van der Waals surface area contributed by atoms with Gasteiger partial charge in [0, 0.05) is 5.70 Å². The summed E-state index contributed by atoms with van der Waals surface area (Å²) in [5.41, 5.74) is 19.3. The summed E-state index contributed by atoms with van der Waals surface area (Å²) < 4.78 is 0. The summed E-state index contributed by atoms with van der Waals surface area (Å²) in [7, 11) is 0. The van der Waals surface area contributed by atoms with Crippen LogP contribution < -0.4 is 5.73 Å². The quantitative estimate of drug-likeness (QED) is 0.457. The minimum Gasteiger partial charge on any atom is -0.399 e. The molecular formula is C34H41N. The van der Waals surface area contributed by atoms with E-state index in [0.29, 0.717) is 0 Å². The minimum atomic E-state index is 0.188. The lowest BCUT2D eigenvalue weighted by Gasteiger charge is -2.30. The molecule has 0 spiro atoms. The Morgan fingerprint density at radius 1 is 0.943 bits per heavy atom. The summed E-state index contributed by atoms with van der Waals surface area (Å²) in [5, 5.41) is 0. The predicted octanol–water partition coefficient (Wildman–Crippen LogP) is 8.46. The normalized spacial score (nSPS) is 22.3. The highest BCUT2D eigenvalue weighted by atomic mass is 14.6. The van der Waals surface area contributed by atoms with Crippen LogP contribution >= 0.6 is 0 Å². The second kappa shape index (κ2) is 9.34. The smallest absolute Gasteiger partial charge is 0.0270 e. The zero-order valence-electron chi connectivity index (χ0n) is 22.1. The Balaban J connectivity index is 1.46. The molecular weight excluding hydrogens is 422 g/mol. The van der Waals surface area contributed by atoms with Crippen LogP contribution in [-0.2, 0) is 25.7 Å². The number of hydrogen-bond acceptors (Lipinski definition) is 1. The lowest BCUT2D eigenvalue weighted by Crippen LogP contribution is -2.18. The standard InChI is InChI=1S/C34H41N/c1-5-6-24-7-11-30(27(21-24)13-18-34(4)19-14-29(35)15-20-34)25-10-12-31-26(22-25)8-9-28-23-33(2,3)17-16-32(28)31/h7-9,11,14-17,19,21-22H,5-6,10,12-13,18,20,23,35H2,1-4H3. The van der Waals surface area contributed by atoms with Crippen LogP contribution in [0.3, 0.4) is 0 Å². The van der Waals surface area contributed by atoms with Crippen molar-refractivity contribution in [3.63, 3.8) is 0 Å². The monoisotopic (exact) mass is 463 g/mol. The molecule has 0 fully saturated rings. The maximum atomic E-state index is 6.00. The molecule has 1 heteroatoms. The molecule has 0 radical (unpaired) electrons. The first-order valence-corrected chi connectivity index (χ1v) is 13.6. The fourth-order valence-corrected chi connectivity index (χ4v) is 6.10. The van der Waals surface area contributed by atoms with E-state index in [1.165, 1.54) is 45.4 Å². The van der Waals surface area contributed by atoms with Gasteiger partial charge in [0.25, 0.3) is 0 Å². The van der Waals surface area contributed by atoms with Crippen molar-refractivity contribution in [3.8, 4) is 0 Å². The highest BCUT2D eigenvalue weighted by Gasteiger charge is 2.26. The van der Waals surface area contributed by atoms with Gasteiger partial charge in [-0.25, -0.2) is 0 Å². The fraction of sp³-hybridized carbons (Fsp3) is 0.412. The number of fused-ring (bicyclic) bond motifs is 3. The zero-order valence-corrected chi connectivity index (χ0v) is 22.1. The number of benzene rings is 2. The zero-order chi connectivity index (χ0) is 24.6. The largest absolute Gasteiger partial charge is 0.399 e. The third-order valence-electron chi connectivity index (χ3n) is 8.31. The van der Waals surface area contributed by atoms with Gasteiger partial charge in [0.2, 0.25) is 0 Å². The van der Waals surface area contributed by atoms with E-state index in [4.69, 9.17) is 5.73 Å². The molecule has 3 aliphatic carbocycles. The molecule has 0 bridgehead atoms. The Bertz CT molecular complexity index is 1250. The molecule has 3 aliphatic rings. The average molecular weight is 464 g/mol. The Kier molecular flexibility index (Phi) is 6.38. The topological polar surface area (TPSA) is 26.0 Å². The Morgan fingerprint density at radius 2 is 1.80 bits per heavy atom. The Labute approximate surface area is 212 Å². The van der Waals surface area contributed by atoms with E-state index in [0.717, 1.165) is 50.6 Å². The molecule has 5 rings (SSSR count). The predicted molar refractivity (Wildman–Crippen MR) is 152 cm³/mol. The summed E-state index contributed by atoms with van der Waals surface area (Å²) in [5.74, 6) is 0. The summed E-state index contributed by atoms with van der Waals surface area (Å²) in [6.07, 6.45) is 22.9. The van der Waals surface area contributed by atoms with Crippen LogP contribution in [0.1, 0.15) is 92.3 Å². The SMILES string of the molecule is CCCc1ccc(C2=Cc3ccc4c(c3CC2)C=CC(C)(C)C4)c(CCC2(C)C=CC(N)=CC2)c1. The molecule has 0 aromatic heterocycles. The molecule has 0 amide bonds. The van der Waals surface area contributed by atoms with Gasteiger partial charge >= 0.3 is 0 Å². The van der Waals surface area contributed by atoms with Crippen molar-refractivity contribution in [2.45, 2.75) is 79.1 Å². The van der Waals surface area contributed by atoms with Gasteiger partial charge in [-0.2, -0.15) is 0 Å². The number of aryl methyl sites for hydroxylation is 2. The van der Waals surface area contributed by atoms with Crippen molar-refractivity contribution in [3.05, 3.63) is 99.3 Å². The fourth-order valence-electron chi connectivity index (χ4n) is 6.10. The molecule has 1 nitrogen and oxygen atoms in total. The summed E-state index contributed by atoms with van der Waals surface area (Å²) in [4.78, 5) is 0. The number of rotatable bonds is 6. The molecule has 2 N–H and O–H groups in total. The Hall–Kier alpha value is -2.80. The van der Waals surface area contributed by atoms with Gasteiger partial charge in [-0.3, -0.25) is 0 Å². The van der Waals surface area contributed by atoms with Crippen LogP contribution in [0.25, 0.3) is 17.7 Å². The van der Waals surface area contributed by atoms with E-state index in [9.17, 15) is 0 Å². The van der Waals surface area contributed by atoms with Crippen molar-refractivity contribution in [1.82, 2.24) is 0 Å². The molecule has 182 valence electrons. The minimum absolute atomic E-state index is 0.188. The van der Waals surface area contributed by atoms with E-state index in [2.05, 4.69) is 94.5 Å². The van der Waals surface area contributed by atoms with Gasteiger partial charge in [0.05, 0.1) is 0 Å². The van der Waals surface area contributed by atoms with Gasteiger partial charge in [-0.1, -0.05) is 94.8 Å². The molecule has 0 saturated heterocycles. The van der Waals surface area contributed by atoms with Crippen molar-refractivity contribution < 1.29 is 0 Å². The highest BCUT2D eigenvalue weighted by molar-refractivity contribution is 5.87. The van der Waals surface area contributed by atoms with Crippen molar-refractivity contribution >= 4 is 17.7 Å². The second-order valence-corrected chi connectivity index (χ2v) is 12.0. The molecule has 2 aromatic rings. The summed E-state index contributed by atoms with van der Waals surface area (Å²) >= 11 is 0. The van der Waals surface area contributed by atoms with E-state index < -0.39 is 0 Å². The van der Waals surface area contributed by atoms with Crippen LogP contribution in [0, 0.1) is 10.8 Å². The second-order valence-electron chi connectivity index (χ2n) is 12.0. The maximum Gasteiger partial charge on any atom is 0.0270 e. The van der Waals surface area contributed by atoms with E-state index >= 15 is 0 Å². The number of allylic oxidation sites excluding steroid dienone is 5. The summed E-state index contributed by atoms with van der Waals surface area (Å²) in [6, 6.07) is 12.0. The van der Waals surface area contributed by atoms with Gasteiger partial charge in [-0.05, 0) is 106 Å². The van der Waals surface area contributed by atoms with Gasteiger partial charge in [0.1, 0.15) is 0 Å². The lowest BCUT2D eigenvalue weighted by molar-refractivity contribution is 0.392. The molecule has 0 aliphatic heterocycles. The van der Waals surface area contributed by atoms with Crippen molar-refractivity contribution in [1.29, 1.82) is 0 Å². The third kappa shape index (κ3) is 5.10. The van der Waals surface area contributed by atoms with Gasteiger partial charge in [0.15, 0.2) is 0 Å². The molecule has 1 unspecified atom stereocenters. The Morgan fingerprint density at radius 3 is 2.57 bits per heavy atom. The van der Waals surface area contributed by atoms with Crippen molar-refractivity contribution in [2.24, 2.45) is 16.6 Å². The van der Waals surface area contributed by atoms with Gasteiger partial charge < -0.3 is 5.73 Å². The summed E-state index contributed by atoms with van der Waals surface area (Å²) in [6.45, 7) is 9.32. The average Bonchev–Trinajstić information content (AvgIpc) is 2.84. The van der Waals surface area contributed by atoms with Crippen LogP contribution in [0.5, 0.6) is 0 Å². The lowest BCUT2D eigenvalue weighted by atomic mass is 9.75. The van der Waals surface area contributed by atoms with Crippen LogP contribution in [0.2, 0.25) is 0 Å². The molecule has 0 heterocycles. The number of hydrogen-bond donors (Lipinski definition) is 1. The first-order chi connectivity index (χ1) is 16.8.